The number of aliphatic hydroxyl groups excluding tert-OH is 1. The molecule has 0 radical (unpaired) electrons. The number of aromatic nitrogens is 2. The molecule has 0 aromatic carbocycles. The first-order valence-corrected chi connectivity index (χ1v) is 5.81. The van der Waals surface area contributed by atoms with Gasteiger partial charge in [0, 0.05) is 6.20 Å². The predicted molar refractivity (Wildman–Crippen MR) is 62.6 cm³/mol. The Bertz CT molecular complexity index is 532. The fourth-order valence-electron chi connectivity index (χ4n) is 2.06. The van der Waals surface area contributed by atoms with Crippen LogP contribution in [0.1, 0.15) is 20.1 Å². The molecule has 1 aromatic rings. The molecule has 0 bridgehead atoms. The number of aliphatic hydroxyl groups is 1. The van der Waals surface area contributed by atoms with Crippen molar-refractivity contribution in [3.63, 3.8) is 0 Å². The van der Waals surface area contributed by atoms with Gasteiger partial charge in [0.2, 0.25) is 6.23 Å². The Morgan fingerprint density at radius 1 is 1.58 bits per heavy atom. The van der Waals surface area contributed by atoms with Gasteiger partial charge in [-0.25, -0.2) is 4.79 Å². The van der Waals surface area contributed by atoms with Crippen molar-refractivity contribution in [1.29, 1.82) is 0 Å². The van der Waals surface area contributed by atoms with Gasteiger partial charge in [-0.3, -0.25) is 4.57 Å². The highest BCUT2D eigenvalue weighted by atomic mass is 19.3. The molecule has 3 N–H and O–H groups in total. The summed E-state index contributed by atoms with van der Waals surface area (Å²) in [7, 11) is 0. The SMILES string of the molecule is CC(C)[C@H]1O[C@@H](n2ccc(N)nc2=O)C(F)(F)C1O. The quantitative estimate of drug-likeness (QED) is 0.814. The lowest BCUT2D eigenvalue weighted by atomic mass is 10.00. The number of ether oxygens (including phenoxy) is 1. The molecular formula is C11H15F2N3O3. The van der Waals surface area contributed by atoms with Crippen LogP contribution in [0.25, 0.3) is 0 Å². The topological polar surface area (TPSA) is 90.4 Å². The number of hydrogen-bond donors (Lipinski definition) is 2. The second kappa shape index (κ2) is 4.53. The number of hydrogen-bond acceptors (Lipinski definition) is 5. The van der Waals surface area contributed by atoms with Crippen molar-refractivity contribution in [3.05, 3.63) is 22.7 Å². The number of anilines is 1. The summed E-state index contributed by atoms with van der Waals surface area (Å²) in [4.78, 5) is 14.9. The second-order valence-electron chi connectivity index (χ2n) is 4.86. The molecule has 2 heterocycles. The molecule has 3 atom stereocenters. The third-order valence-corrected chi connectivity index (χ3v) is 3.08. The highest BCUT2D eigenvalue weighted by molar-refractivity contribution is 5.23. The molecule has 1 aliphatic heterocycles. The number of alkyl halides is 2. The summed E-state index contributed by atoms with van der Waals surface area (Å²) in [5.74, 6) is -3.96. The summed E-state index contributed by atoms with van der Waals surface area (Å²) >= 11 is 0. The molecule has 2 rings (SSSR count). The molecule has 6 nitrogen and oxygen atoms in total. The van der Waals surface area contributed by atoms with Gasteiger partial charge in [-0.05, 0) is 12.0 Å². The van der Waals surface area contributed by atoms with Crippen LogP contribution in [0.5, 0.6) is 0 Å². The smallest absolute Gasteiger partial charge is 0.351 e. The fourth-order valence-corrected chi connectivity index (χ4v) is 2.06. The molecule has 0 amide bonds. The average molecular weight is 275 g/mol. The molecule has 1 aliphatic rings. The van der Waals surface area contributed by atoms with E-state index in [0.717, 1.165) is 6.20 Å². The monoisotopic (exact) mass is 275 g/mol. The minimum atomic E-state index is -3.57. The van der Waals surface area contributed by atoms with Crippen molar-refractivity contribution in [2.45, 2.75) is 38.2 Å². The number of halogens is 2. The highest BCUT2D eigenvalue weighted by Crippen LogP contribution is 2.44. The van der Waals surface area contributed by atoms with E-state index in [4.69, 9.17) is 10.5 Å². The molecule has 1 fully saturated rings. The molecule has 0 saturated carbocycles. The Kier molecular flexibility index (Phi) is 3.31. The maximum absolute atomic E-state index is 14.0. The second-order valence-corrected chi connectivity index (χ2v) is 4.86. The summed E-state index contributed by atoms with van der Waals surface area (Å²) < 4.78 is 33.8. The van der Waals surface area contributed by atoms with Crippen LogP contribution >= 0.6 is 0 Å². The summed E-state index contributed by atoms with van der Waals surface area (Å²) in [6, 6.07) is 1.22. The Morgan fingerprint density at radius 3 is 2.68 bits per heavy atom. The molecule has 1 unspecified atom stereocenters. The summed E-state index contributed by atoms with van der Waals surface area (Å²) in [6.07, 6.45) is -3.82. The average Bonchev–Trinajstić information content (AvgIpc) is 2.52. The third kappa shape index (κ3) is 2.21. The van der Waals surface area contributed by atoms with Gasteiger partial charge in [-0.2, -0.15) is 13.8 Å². The molecule has 0 spiro atoms. The zero-order chi connectivity index (χ0) is 14.4. The van der Waals surface area contributed by atoms with Crippen molar-refractivity contribution in [2.75, 3.05) is 5.73 Å². The number of nitrogens with two attached hydrogens (primary N) is 1. The lowest BCUT2D eigenvalue weighted by Crippen LogP contribution is -2.42. The number of nitrogen functional groups attached to an aromatic ring is 1. The van der Waals surface area contributed by atoms with Crippen LogP contribution in [-0.4, -0.2) is 32.8 Å². The summed E-state index contributed by atoms with van der Waals surface area (Å²) in [5.41, 5.74) is 4.35. The lowest BCUT2D eigenvalue weighted by Gasteiger charge is -2.21. The van der Waals surface area contributed by atoms with Crippen molar-refractivity contribution in [1.82, 2.24) is 9.55 Å². The van der Waals surface area contributed by atoms with E-state index in [1.54, 1.807) is 13.8 Å². The van der Waals surface area contributed by atoms with E-state index in [0.29, 0.717) is 4.57 Å². The molecule has 106 valence electrons. The summed E-state index contributed by atoms with van der Waals surface area (Å²) in [5, 5.41) is 9.63. The van der Waals surface area contributed by atoms with Gasteiger partial charge >= 0.3 is 11.6 Å². The van der Waals surface area contributed by atoms with E-state index in [1.807, 2.05) is 0 Å². The first kappa shape index (κ1) is 13.9. The fraction of sp³-hybridized carbons (Fsp3) is 0.636. The van der Waals surface area contributed by atoms with E-state index in [9.17, 15) is 18.7 Å². The Morgan fingerprint density at radius 2 is 2.21 bits per heavy atom. The van der Waals surface area contributed by atoms with Gasteiger partial charge in [0.05, 0.1) is 6.10 Å². The molecular weight excluding hydrogens is 260 g/mol. The zero-order valence-corrected chi connectivity index (χ0v) is 10.5. The zero-order valence-electron chi connectivity index (χ0n) is 10.5. The van der Waals surface area contributed by atoms with Crippen LogP contribution in [0.2, 0.25) is 0 Å². The maximum Gasteiger partial charge on any atom is 0.351 e. The van der Waals surface area contributed by atoms with Crippen LogP contribution in [0.15, 0.2) is 17.1 Å². The largest absolute Gasteiger partial charge is 0.384 e. The molecule has 1 saturated heterocycles. The van der Waals surface area contributed by atoms with Gasteiger partial charge in [0.15, 0.2) is 0 Å². The Hall–Kier alpha value is -1.54. The highest BCUT2D eigenvalue weighted by Gasteiger charge is 2.60. The summed E-state index contributed by atoms with van der Waals surface area (Å²) in [6.45, 7) is 3.30. The van der Waals surface area contributed by atoms with Crippen LogP contribution in [0, 0.1) is 5.92 Å². The van der Waals surface area contributed by atoms with Crippen LogP contribution < -0.4 is 11.4 Å². The number of nitrogens with zero attached hydrogens (tertiary/aromatic N) is 2. The minimum absolute atomic E-state index is 0.0662. The van der Waals surface area contributed by atoms with E-state index in [-0.39, 0.29) is 11.7 Å². The minimum Gasteiger partial charge on any atom is -0.384 e. The standard InChI is InChI=1S/C11H15F2N3O3/c1-5(2)7-8(17)11(12,13)9(19-7)16-4-3-6(14)15-10(16)18/h3-5,7-9,17H,1-2H3,(H2,14,15,18)/t7-,8?,9-/m1/s1. The third-order valence-electron chi connectivity index (χ3n) is 3.08. The van der Waals surface area contributed by atoms with Crippen molar-refractivity contribution in [2.24, 2.45) is 5.92 Å². The van der Waals surface area contributed by atoms with E-state index in [1.165, 1.54) is 6.07 Å². The Balaban J connectivity index is 2.42. The van der Waals surface area contributed by atoms with Gasteiger partial charge in [-0.1, -0.05) is 13.8 Å². The van der Waals surface area contributed by atoms with Gasteiger partial charge in [0.25, 0.3) is 0 Å². The first-order chi connectivity index (χ1) is 8.75. The molecule has 0 aliphatic carbocycles. The van der Waals surface area contributed by atoms with Gasteiger partial charge in [-0.15, -0.1) is 0 Å². The van der Waals surface area contributed by atoms with Gasteiger partial charge < -0.3 is 15.6 Å². The molecule has 8 heteroatoms. The molecule has 19 heavy (non-hydrogen) atoms. The van der Waals surface area contributed by atoms with Crippen LogP contribution in [-0.2, 0) is 4.74 Å². The normalized spacial score (nSPS) is 29.9. The molecule has 1 aromatic heterocycles. The van der Waals surface area contributed by atoms with Crippen LogP contribution in [0.3, 0.4) is 0 Å². The predicted octanol–water partition coefficient (Wildman–Crippen LogP) is 0.375. The van der Waals surface area contributed by atoms with Crippen molar-refractivity contribution < 1.29 is 18.6 Å². The van der Waals surface area contributed by atoms with Crippen molar-refractivity contribution in [3.8, 4) is 0 Å². The number of rotatable bonds is 2. The Labute approximate surface area is 107 Å². The maximum atomic E-state index is 14.0. The van der Waals surface area contributed by atoms with Gasteiger partial charge in [0.1, 0.15) is 11.9 Å². The van der Waals surface area contributed by atoms with E-state index >= 15 is 0 Å². The van der Waals surface area contributed by atoms with E-state index in [2.05, 4.69) is 4.98 Å². The first-order valence-electron chi connectivity index (χ1n) is 5.81. The van der Waals surface area contributed by atoms with Crippen molar-refractivity contribution >= 4 is 5.82 Å². The lowest BCUT2D eigenvalue weighted by molar-refractivity contribution is -0.141. The van der Waals surface area contributed by atoms with E-state index < -0.39 is 30.0 Å². The van der Waals surface area contributed by atoms with Crippen LogP contribution in [0.4, 0.5) is 14.6 Å².